The fourth-order valence-electron chi connectivity index (χ4n) is 1.37. The Morgan fingerprint density at radius 1 is 1.23 bits per heavy atom. The number of rotatable bonds is 1. The van der Waals surface area contributed by atoms with Crippen molar-refractivity contribution >= 4 is 0 Å². The van der Waals surface area contributed by atoms with Crippen LogP contribution in [0.25, 0.3) is 11.3 Å². The van der Waals surface area contributed by atoms with Crippen LogP contribution in [0, 0.1) is 6.92 Å². The monoisotopic (exact) mass is 176 g/mol. The van der Waals surface area contributed by atoms with E-state index in [9.17, 15) is 0 Å². The molecule has 0 atom stereocenters. The van der Waals surface area contributed by atoms with Crippen LogP contribution >= 0.6 is 0 Å². The average molecular weight is 176 g/mol. The number of nitrogens with zero attached hydrogens (tertiary/aromatic N) is 4. The van der Waals surface area contributed by atoms with E-state index in [0.29, 0.717) is 0 Å². The molecule has 0 unspecified atom stereocenters. The summed E-state index contributed by atoms with van der Waals surface area (Å²) >= 11 is 0. The molecule has 2 heterocycles. The zero-order valence-electron chi connectivity index (χ0n) is 8.02. The summed E-state index contributed by atoms with van der Waals surface area (Å²) < 4.78 is 3.85. The highest BCUT2D eigenvalue weighted by Crippen LogP contribution is 2.20. The van der Waals surface area contributed by atoms with E-state index < -0.39 is 0 Å². The van der Waals surface area contributed by atoms with Crippen molar-refractivity contribution in [3.63, 3.8) is 0 Å². The van der Waals surface area contributed by atoms with Gasteiger partial charge >= 0.3 is 0 Å². The van der Waals surface area contributed by atoms with E-state index in [1.165, 1.54) is 0 Å². The van der Waals surface area contributed by atoms with Crippen molar-refractivity contribution in [2.24, 2.45) is 14.1 Å². The highest BCUT2D eigenvalue weighted by Gasteiger charge is 2.08. The molecule has 0 N–H and O–H groups in total. The number of imidazole rings is 1. The summed E-state index contributed by atoms with van der Waals surface area (Å²) in [4.78, 5) is 4.07. The van der Waals surface area contributed by atoms with Crippen molar-refractivity contribution < 1.29 is 0 Å². The Morgan fingerprint density at radius 2 is 2.00 bits per heavy atom. The number of aromatic nitrogens is 4. The maximum Gasteiger partial charge on any atom is 0.0948 e. The summed E-state index contributed by atoms with van der Waals surface area (Å²) in [5.74, 6) is 0. The lowest BCUT2D eigenvalue weighted by molar-refractivity contribution is 0.740. The summed E-state index contributed by atoms with van der Waals surface area (Å²) in [6, 6.07) is 0. The van der Waals surface area contributed by atoms with Crippen LogP contribution in [0.3, 0.4) is 0 Å². The van der Waals surface area contributed by atoms with E-state index in [-0.39, 0.29) is 0 Å². The van der Waals surface area contributed by atoms with E-state index in [1.807, 2.05) is 35.7 Å². The third kappa shape index (κ3) is 1.14. The van der Waals surface area contributed by atoms with Gasteiger partial charge in [0, 0.05) is 25.4 Å². The van der Waals surface area contributed by atoms with E-state index in [0.717, 1.165) is 17.0 Å². The topological polar surface area (TPSA) is 35.6 Å². The van der Waals surface area contributed by atoms with Gasteiger partial charge in [0.1, 0.15) is 0 Å². The van der Waals surface area contributed by atoms with Gasteiger partial charge in [0.25, 0.3) is 0 Å². The van der Waals surface area contributed by atoms with Gasteiger partial charge in [-0.3, -0.25) is 4.68 Å². The third-order valence-electron chi connectivity index (χ3n) is 2.33. The third-order valence-corrected chi connectivity index (χ3v) is 2.33. The molecule has 0 aliphatic rings. The Labute approximate surface area is 76.8 Å². The summed E-state index contributed by atoms with van der Waals surface area (Å²) in [7, 11) is 3.92. The first-order valence-corrected chi connectivity index (χ1v) is 4.15. The molecule has 0 saturated carbocycles. The summed E-state index contributed by atoms with van der Waals surface area (Å²) in [5.41, 5.74) is 3.40. The summed E-state index contributed by atoms with van der Waals surface area (Å²) in [5, 5.41) is 4.19. The van der Waals surface area contributed by atoms with Gasteiger partial charge in [-0.1, -0.05) is 0 Å². The van der Waals surface area contributed by atoms with E-state index in [4.69, 9.17) is 0 Å². The Kier molecular flexibility index (Phi) is 1.69. The molecule has 0 radical (unpaired) electrons. The lowest BCUT2D eigenvalue weighted by Crippen LogP contribution is -1.94. The minimum absolute atomic E-state index is 1.10. The highest BCUT2D eigenvalue weighted by atomic mass is 15.3. The van der Waals surface area contributed by atoms with Crippen LogP contribution in [0.5, 0.6) is 0 Å². The largest absolute Gasteiger partial charge is 0.334 e. The molecular formula is C9H12N4. The average Bonchev–Trinajstić information content (AvgIpc) is 2.62. The molecule has 0 spiro atoms. The van der Waals surface area contributed by atoms with Gasteiger partial charge in [0.2, 0.25) is 0 Å². The minimum atomic E-state index is 1.10. The zero-order chi connectivity index (χ0) is 9.42. The lowest BCUT2D eigenvalue weighted by atomic mass is 10.2. The van der Waals surface area contributed by atoms with Gasteiger partial charge in [-0.15, -0.1) is 0 Å². The van der Waals surface area contributed by atoms with Crippen molar-refractivity contribution in [1.29, 1.82) is 0 Å². The molecule has 2 aromatic heterocycles. The Bertz CT molecular complexity index is 425. The van der Waals surface area contributed by atoms with Gasteiger partial charge in [0.05, 0.1) is 24.4 Å². The second-order valence-corrected chi connectivity index (χ2v) is 3.16. The Morgan fingerprint density at radius 3 is 2.46 bits per heavy atom. The highest BCUT2D eigenvalue weighted by molar-refractivity contribution is 5.60. The van der Waals surface area contributed by atoms with Gasteiger partial charge < -0.3 is 4.57 Å². The standard InChI is InChI=1S/C9H12N4/c1-7-8(4-11-13(7)3)9-5-10-6-12(9)2/h4-6H,1-3H3. The van der Waals surface area contributed by atoms with Crippen LogP contribution in [0.4, 0.5) is 0 Å². The molecule has 4 heteroatoms. The molecule has 0 amide bonds. The van der Waals surface area contributed by atoms with Crippen LogP contribution < -0.4 is 0 Å². The second kappa shape index (κ2) is 2.73. The summed E-state index contributed by atoms with van der Waals surface area (Å²) in [6.45, 7) is 2.05. The number of hydrogen-bond donors (Lipinski definition) is 0. The first kappa shape index (κ1) is 8.04. The SMILES string of the molecule is Cc1c(-c2cncn2C)cnn1C. The fraction of sp³-hybridized carbons (Fsp3) is 0.333. The molecule has 0 aliphatic heterocycles. The Balaban J connectivity index is 2.59. The molecule has 0 aliphatic carbocycles. The van der Waals surface area contributed by atoms with Gasteiger partial charge in [-0.25, -0.2) is 4.98 Å². The first-order valence-electron chi connectivity index (χ1n) is 4.15. The number of aryl methyl sites for hydroxylation is 2. The van der Waals surface area contributed by atoms with Crippen LogP contribution in [0.15, 0.2) is 18.7 Å². The molecule has 2 rings (SSSR count). The minimum Gasteiger partial charge on any atom is -0.334 e. The Hall–Kier alpha value is -1.58. The normalized spacial score (nSPS) is 10.7. The van der Waals surface area contributed by atoms with Crippen molar-refractivity contribution in [2.75, 3.05) is 0 Å². The molecule has 0 fully saturated rings. The first-order chi connectivity index (χ1) is 6.20. The van der Waals surface area contributed by atoms with Crippen LogP contribution in [-0.2, 0) is 14.1 Å². The van der Waals surface area contributed by atoms with E-state index in [1.54, 1.807) is 6.33 Å². The lowest BCUT2D eigenvalue weighted by Gasteiger charge is -2.00. The van der Waals surface area contributed by atoms with Crippen LogP contribution in [-0.4, -0.2) is 19.3 Å². The molecule has 0 aromatic carbocycles. The fourth-order valence-corrected chi connectivity index (χ4v) is 1.37. The summed E-state index contributed by atoms with van der Waals surface area (Å²) in [6.07, 6.45) is 5.51. The molecule has 13 heavy (non-hydrogen) atoms. The quantitative estimate of drug-likeness (QED) is 0.653. The molecule has 4 nitrogen and oxygen atoms in total. The van der Waals surface area contributed by atoms with E-state index >= 15 is 0 Å². The second-order valence-electron chi connectivity index (χ2n) is 3.16. The van der Waals surface area contributed by atoms with Crippen LogP contribution in [0.2, 0.25) is 0 Å². The predicted molar refractivity (Wildman–Crippen MR) is 50.1 cm³/mol. The van der Waals surface area contributed by atoms with Crippen molar-refractivity contribution in [2.45, 2.75) is 6.92 Å². The molecule has 0 bridgehead atoms. The number of hydrogen-bond acceptors (Lipinski definition) is 2. The molecular weight excluding hydrogens is 164 g/mol. The maximum atomic E-state index is 4.19. The zero-order valence-corrected chi connectivity index (χ0v) is 8.02. The maximum absolute atomic E-state index is 4.19. The van der Waals surface area contributed by atoms with Crippen molar-refractivity contribution in [3.8, 4) is 11.3 Å². The van der Waals surface area contributed by atoms with Crippen molar-refractivity contribution in [3.05, 3.63) is 24.4 Å². The molecule has 2 aromatic rings. The molecule has 0 saturated heterocycles. The molecule has 68 valence electrons. The van der Waals surface area contributed by atoms with Gasteiger partial charge in [-0.05, 0) is 6.92 Å². The smallest absolute Gasteiger partial charge is 0.0948 e. The predicted octanol–water partition coefficient (Wildman–Crippen LogP) is 1.13. The van der Waals surface area contributed by atoms with Crippen molar-refractivity contribution in [1.82, 2.24) is 19.3 Å². The van der Waals surface area contributed by atoms with Crippen LogP contribution in [0.1, 0.15) is 5.69 Å². The van der Waals surface area contributed by atoms with E-state index in [2.05, 4.69) is 17.0 Å². The van der Waals surface area contributed by atoms with Gasteiger partial charge in [0.15, 0.2) is 0 Å². The van der Waals surface area contributed by atoms with Gasteiger partial charge in [-0.2, -0.15) is 5.10 Å².